The summed E-state index contributed by atoms with van der Waals surface area (Å²) in [5, 5.41) is 4.82. The van der Waals surface area contributed by atoms with Gasteiger partial charge in [-0.25, -0.2) is 19.9 Å². The third kappa shape index (κ3) is 6.44. The van der Waals surface area contributed by atoms with Gasteiger partial charge >= 0.3 is 0 Å². The largest absolute Gasteiger partial charge is 0.246 e. The zero-order chi connectivity index (χ0) is 39.1. The minimum absolute atomic E-state index is 0.631. The third-order valence-electron chi connectivity index (χ3n) is 10.9. The molecule has 8 aromatic carbocycles. The van der Waals surface area contributed by atoms with E-state index in [1.165, 1.54) is 36.9 Å². The number of benzene rings is 8. The number of hydrogen-bond donors (Lipinski definition) is 0. The highest BCUT2D eigenvalue weighted by atomic mass is 32.1. The molecule has 3 aromatic heterocycles. The van der Waals surface area contributed by atoms with E-state index in [0.717, 1.165) is 55.5 Å². The average Bonchev–Trinajstić information content (AvgIpc) is 3.73. The van der Waals surface area contributed by atoms with Crippen LogP contribution in [0.3, 0.4) is 0 Å². The summed E-state index contributed by atoms with van der Waals surface area (Å²) in [5.41, 5.74) is 11.7. The van der Waals surface area contributed by atoms with Crippen molar-refractivity contribution in [1.29, 1.82) is 0 Å². The smallest absolute Gasteiger partial charge is 0.164 e. The van der Waals surface area contributed by atoms with Crippen LogP contribution < -0.4 is 0 Å². The molecule has 0 aliphatic rings. The van der Waals surface area contributed by atoms with Crippen molar-refractivity contribution in [2.45, 2.75) is 0 Å². The highest BCUT2D eigenvalue weighted by Crippen LogP contribution is 2.50. The highest BCUT2D eigenvalue weighted by Gasteiger charge is 2.23. The van der Waals surface area contributed by atoms with E-state index in [1.54, 1.807) is 0 Å². The Morgan fingerprint density at radius 3 is 1.51 bits per heavy atom. The number of hydrogen-bond acceptors (Lipinski definition) is 5. The number of aromatic nitrogens is 4. The van der Waals surface area contributed by atoms with E-state index in [1.807, 2.05) is 72.0 Å². The van der Waals surface area contributed by atoms with Crippen molar-refractivity contribution in [3.8, 4) is 78.1 Å². The molecule has 0 unspecified atom stereocenters. The Morgan fingerprint density at radius 2 is 0.831 bits per heavy atom. The first kappa shape index (κ1) is 34.6. The van der Waals surface area contributed by atoms with Gasteiger partial charge in [0.25, 0.3) is 0 Å². The van der Waals surface area contributed by atoms with Gasteiger partial charge in [-0.2, -0.15) is 0 Å². The van der Waals surface area contributed by atoms with Crippen molar-refractivity contribution >= 4 is 43.1 Å². The minimum Gasteiger partial charge on any atom is -0.246 e. The summed E-state index contributed by atoms with van der Waals surface area (Å²) in [6, 6.07) is 72.3. The van der Waals surface area contributed by atoms with Gasteiger partial charge in [0.15, 0.2) is 17.5 Å². The predicted octanol–water partition coefficient (Wildman–Crippen LogP) is 14.5. The molecule has 5 heteroatoms. The minimum atomic E-state index is 0.631. The van der Waals surface area contributed by atoms with Gasteiger partial charge in [0.05, 0.1) is 15.9 Å². The summed E-state index contributed by atoms with van der Waals surface area (Å²) >= 11 is 1.83. The normalized spacial score (nSPS) is 11.4. The Hall–Kier alpha value is -7.60. The van der Waals surface area contributed by atoms with Crippen molar-refractivity contribution in [1.82, 2.24) is 19.9 Å². The molecule has 0 radical (unpaired) electrons. The Balaban J connectivity index is 1.10. The molecule has 59 heavy (non-hydrogen) atoms. The van der Waals surface area contributed by atoms with E-state index in [9.17, 15) is 0 Å². The van der Waals surface area contributed by atoms with Crippen molar-refractivity contribution in [2.24, 2.45) is 0 Å². The molecule has 0 saturated carbocycles. The Bertz CT molecular complexity index is 3270. The molecule has 0 atom stereocenters. The zero-order valence-corrected chi connectivity index (χ0v) is 32.6. The summed E-state index contributed by atoms with van der Waals surface area (Å²) in [7, 11) is 0. The molecular weight excluding hydrogens is 737 g/mol. The number of nitrogens with zero attached hydrogens (tertiary/aromatic N) is 4. The molecule has 0 saturated heterocycles. The van der Waals surface area contributed by atoms with Gasteiger partial charge in [-0.15, -0.1) is 11.3 Å². The first-order valence-corrected chi connectivity index (χ1v) is 20.5. The van der Waals surface area contributed by atoms with Gasteiger partial charge in [0, 0.05) is 43.5 Å². The number of thiophene rings is 1. The molecule has 0 aliphatic carbocycles. The molecule has 11 rings (SSSR count). The molecule has 0 amide bonds. The van der Waals surface area contributed by atoms with Gasteiger partial charge in [-0.1, -0.05) is 182 Å². The first-order chi connectivity index (χ1) is 29.2. The van der Waals surface area contributed by atoms with Crippen LogP contribution in [-0.4, -0.2) is 19.9 Å². The van der Waals surface area contributed by atoms with Crippen LogP contribution >= 0.6 is 11.3 Å². The Labute approximate surface area is 345 Å². The lowest BCUT2D eigenvalue weighted by Gasteiger charge is -2.12. The second kappa shape index (κ2) is 14.7. The Morgan fingerprint density at radius 1 is 0.322 bits per heavy atom. The second-order valence-corrected chi connectivity index (χ2v) is 15.6. The van der Waals surface area contributed by atoms with Crippen LogP contribution in [0.5, 0.6) is 0 Å². The van der Waals surface area contributed by atoms with Crippen LogP contribution in [0.15, 0.2) is 206 Å². The van der Waals surface area contributed by atoms with Crippen molar-refractivity contribution in [3.63, 3.8) is 0 Å². The third-order valence-corrected chi connectivity index (χ3v) is 12.1. The van der Waals surface area contributed by atoms with Crippen LogP contribution in [0, 0.1) is 0 Å². The van der Waals surface area contributed by atoms with Crippen LogP contribution in [0.4, 0.5) is 0 Å². The summed E-state index contributed by atoms with van der Waals surface area (Å²) in [5.74, 6) is 1.92. The molecule has 0 bridgehead atoms. The van der Waals surface area contributed by atoms with E-state index in [4.69, 9.17) is 19.9 Å². The van der Waals surface area contributed by atoms with Crippen molar-refractivity contribution in [3.05, 3.63) is 206 Å². The number of rotatable bonds is 7. The maximum absolute atomic E-state index is 5.31. The van der Waals surface area contributed by atoms with Gasteiger partial charge in [0.1, 0.15) is 0 Å². The summed E-state index contributed by atoms with van der Waals surface area (Å²) in [6.07, 6.45) is 0. The SMILES string of the molecule is c1ccc(-c2nc(-c3ccccc3)nc(-c3cccc(-c4cccc(-c5sc6c(-c7ccccc7)nc7ccccc7c6c5-c5ccc6ccccc6c5)c4)c3)n2)cc1. The van der Waals surface area contributed by atoms with E-state index < -0.39 is 0 Å². The van der Waals surface area contributed by atoms with Crippen LogP contribution in [0.2, 0.25) is 0 Å². The van der Waals surface area contributed by atoms with Gasteiger partial charge < -0.3 is 0 Å². The van der Waals surface area contributed by atoms with Crippen LogP contribution in [-0.2, 0) is 0 Å². The van der Waals surface area contributed by atoms with Crippen LogP contribution in [0.1, 0.15) is 0 Å². The molecular formula is C54H34N4S. The van der Waals surface area contributed by atoms with Crippen molar-refractivity contribution < 1.29 is 0 Å². The first-order valence-electron chi connectivity index (χ1n) is 19.7. The standard InChI is InChI=1S/C54H34N4S/c1-4-17-36(18-5-1)49-51-48(45-28-12-13-29-46(45)55-49)47(42-31-30-35-16-10-11-23-39(35)32-42)50(59-51)43-26-14-24-40(33-43)41-25-15-27-44(34-41)54-57-52(37-19-6-2-7-20-37)56-53(58-54)38-21-8-3-9-22-38/h1-34H. The lowest BCUT2D eigenvalue weighted by Crippen LogP contribution is -2.00. The molecule has 0 spiro atoms. The van der Waals surface area contributed by atoms with E-state index in [-0.39, 0.29) is 0 Å². The monoisotopic (exact) mass is 770 g/mol. The molecule has 11 aromatic rings. The fourth-order valence-electron chi connectivity index (χ4n) is 8.04. The number of pyridine rings is 1. The summed E-state index contributed by atoms with van der Waals surface area (Å²) in [6.45, 7) is 0. The number of fused-ring (bicyclic) bond motifs is 4. The molecule has 0 aliphatic heterocycles. The summed E-state index contributed by atoms with van der Waals surface area (Å²) < 4.78 is 1.18. The van der Waals surface area contributed by atoms with Gasteiger partial charge in [0.2, 0.25) is 0 Å². The lowest BCUT2D eigenvalue weighted by molar-refractivity contribution is 1.07. The molecule has 3 heterocycles. The highest BCUT2D eigenvalue weighted by molar-refractivity contribution is 7.23. The van der Waals surface area contributed by atoms with Gasteiger partial charge in [-0.3, -0.25) is 0 Å². The van der Waals surface area contributed by atoms with Crippen molar-refractivity contribution in [2.75, 3.05) is 0 Å². The van der Waals surface area contributed by atoms with E-state index in [0.29, 0.717) is 17.5 Å². The van der Waals surface area contributed by atoms with Crippen LogP contribution in [0.25, 0.3) is 110 Å². The quantitative estimate of drug-likeness (QED) is 0.162. The molecule has 0 N–H and O–H groups in total. The predicted molar refractivity (Wildman–Crippen MR) is 246 cm³/mol. The van der Waals surface area contributed by atoms with E-state index in [2.05, 4.69) is 146 Å². The fraction of sp³-hybridized carbons (Fsp3) is 0. The molecule has 0 fully saturated rings. The molecule has 4 nitrogen and oxygen atoms in total. The van der Waals surface area contributed by atoms with E-state index >= 15 is 0 Å². The zero-order valence-electron chi connectivity index (χ0n) is 31.8. The topological polar surface area (TPSA) is 51.6 Å². The fourth-order valence-corrected chi connectivity index (χ4v) is 9.38. The lowest BCUT2D eigenvalue weighted by atomic mass is 9.93. The van der Waals surface area contributed by atoms with Gasteiger partial charge in [-0.05, 0) is 57.3 Å². The number of para-hydroxylation sites is 1. The average molecular weight is 771 g/mol. The second-order valence-electron chi connectivity index (χ2n) is 14.6. The maximum atomic E-state index is 5.31. The summed E-state index contributed by atoms with van der Waals surface area (Å²) in [4.78, 5) is 21.5. The molecule has 276 valence electrons. The maximum Gasteiger partial charge on any atom is 0.164 e. The Kier molecular flexibility index (Phi) is 8.64.